The second-order valence-corrected chi connectivity index (χ2v) is 10.4. The van der Waals surface area contributed by atoms with Crippen LogP contribution in [0.1, 0.15) is 33.1 Å². The summed E-state index contributed by atoms with van der Waals surface area (Å²) in [7, 11) is -3.39. The Morgan fingerprint density at radius 1 is 0.800 bits per heavy atom. The smallest absolute Gasteiger partial charge is 0.243 e. The standard InChI is InChI=1S/C23H32N4O2S/c1-19(2)25-14-16-26(17-15-25)23-11-8-21(18-24-23)20-6-9-22(10-7-20)30(28,29)27-12-4-3-5-13-27/h6-11,18-19H,3-5,12-17H2,1-2H3. The van der Waals surface area contributed by atoms with Gasteiger partial charge in [0.2, 0.25) is 10.0 Å². The van der Waals surface area contributed by atoms with Crippen LogP contribution in [0.2, 0.25) is 0 Å². The second kappa shape index (κ2) is 9.04. The quantitative estimate of drug-likeness (QED) is 0.730. The van der Waals surface area contributed by atoms with Crippen LogP contribution in [0.5, 0.6) is 0 Å². The topological polar surface area (TPSA) is 56.8 Å². The minimum absolute atomic E-state index is 0.376. The first kappa shape index (κ1) is 21.3. The number of anilines is 1. The Bertz CT molecular complexity index is 928. The van der Waals surface area contributed by atoms with Gasteiger partial charge in [-0.05, 0) is 56.5 Å². The molecule has 2 fully saturated rings. The van der Waals surface area contributed by atoms with E-state index in [1.165, 1.54) is 0 Å². The molecule has 0 bridgehead atoms. The Labute approximate surface area is 180 Å². The lowest BCUT2D eigenvalue weighted by Gasteiger charge is -2.37. The summed E-state index contributed by atoms with van der Waals surface area (Å²) in [4.78, 5) is 9.87. The van der Waals surface area contributed by atoms with Crippen molar-refractivity contribution in [1.82, 2.24) is 14.2 Å². The average molecular weight is 429 g/mol. The van der Waals surface area contributed by atoms with Crippen molar-refractivity contribution in [1.29, 1.82) is 0 Å². The minimum Gasteiger partial charge on any atom is -0.354 e. The number of rotatable bonds is 5. The summed E-state index contributed by atoms with van der Waals surface area (Å²) in [5.41, 5.74) is 1.98. The maximum atomic E-state index is 12.8. The van der Waals surface area contributed by atoms with Crippen LogP contribution in [0.3, 0.4) is 0 Å². The summed E-state index contributed by atoms with van der Waals surface area (Å²) in [5.74, 6) is 1.01. The fraction of sp³-hybridized carbons (Fsp3) is 0.522. The third kappa shape index (κ3) is 4.53. The highest BCUT2D eigenvalue weighted by Gasteiger charge is 2.25. The monoisotopic (exact) mass is 428 g/mol. The van der Waals surface area contributed by atoms with E-state index in [0.29, 0.717) is 24.0 Å². The molecule has 7 heteroatoms. The van der Waals surface area contributed by atoms with Crippen LogP contribution in [-0.2, 0) is 10.0 Å². The Kier molecular flexibility index (Phi) is 6.41. The normalized spacial score (nSPS) is 19.4. The summed E-state index contributed by atoms with van der Waals surface area (Å²) in [6.45, 7) is 9.85. The van der Waals surface area contributed by atoms with Crippen LogP contribution in [0.25, 0.3) is 11.1 Å². The Balaban J connectivity index is 1.43. The molecule has 0 N–H and O–H groups in total. The largest absolute Gasteiger partial charge is 0.354 e. The van der Waals surface area contributed by atoms with E-state index in [1.807, 2.05) is 18.3 Å². The molecule has 0 spiro atoms. The van der Waals surface area contributed by atoms with Gasteiger partial charge >= 0.3 is 0 Å². The summed E-state index contributed by atoms with van der Waals surface area (Å²) >= 11 is 0. The van der Waals surface area contributed by atoms with Gasteiger partial charge in [0.1, 0.15) is 5.82 Å². The molecule has 2 saturated heterocycles. The predicted molar refractivity (Wildman–Crippen MR) is 121 cm³/mol. The van der Waals surface area contributed by atoms with Crippen molar-refractivity contribution in [3.63, 3.8) is 0 Å². The van der Waals surface area contributed by atoms with Crippen LogP contribution < -0.4 is 4.90 Å². The molecule has 1 aromatic carbocycles. The Morgan fingerprint density at radius 2 is 1.43 bits per heavy atom. The van der Waals surface area contributed by atoms with E-state index in [0.717, 1.165) is 62.4 Å². The third-order valence-corrected chi connectivity index (χ3v) is 8.17. The molecule has 30 heavy (non-hydrogen) atoms. The number of hydrogen-bond donors (Lipinski definition) is 0. The van der Waals surface area contributed by atoms with Crippen LogP contribution in [0, 0.1) is 0 Å². The molecule has 0 atom stereocenters. The number of pyridine rings is 1. The van der Waals surface area contributed by atoms with Gasteiger partial charge in [-0.2, -0.15) is 4.31 Å². The van der Waals surface area contributed by atoms with Gasteiger partial charge in [-0.25, -0.2) is 13.4 Å². The Morgan fingerprint density at radius 3 is 2.00 bits per heavy atom. The molecule has 3 heterocycles. The summed E-state index contributed by atoms with van der Waals surface area (Å²) < 4.78 is 27.3. The van der Waals surface area contributed by atoms with Crippen molar-refractivity contribution >= 4 is 15.8 Å². The number of aromatic nitrogens is 1. The van der Waals surface area contributed by atoms with E-state index in [1.54, 1.807) is 16.4 Å². The highest BCUT2D eigenvalue weighted by Crippen LogP contribution is 2.26. The highest BCUT2D eigenvalue weighted by atomic mass is 32.2. The van der Waals surface area contributed by atoms with Gasteiger partial charge in [0.15, 0.2) is 0 Å². The predicted octanol–water partition coefficient (Wildman–Crippen LogP) is 3.45. The van der Waals surface area contributed by atoms with Gasteiger partial charge in [-0.1, -0.05) is 18.6 Å². The molecule has 162 valence electrons. The molecule has 2 aliphatic heterocycles. The van der Waals surface area contributed by atoms with Gasteiger partial charge in [-0.15, -0.1) is 0 Å². The van der Waals surface area contributed by atoms with E-state index in [9.17, 15) is 8.42 Å². The molecule has 0 amide bonds. The first-order chi connectivity index (χ1) is 14.4. The summed E-state index contributed by atoms with van der Waals surface area (Å²) in [5, 5.41) is 0. The van der Waals surface area contributed by atoms with Crippen molar-refractivity contribution in [2.45, 2.75) is 44.0 Å². The maximum absolute atomic E-state index is 12.8. The zero-order valence-electron chi connectivity index (χ0n) is 18.0. The van der Waals surface area contributed by atoms with Crippen molar-refractivity contribution in [3.8, 4) is 11.1 Å². The van der Waals surface area contributed by atoms with Crippen molar-refractivity contribution in [3.05, 3.63) is 42.6 Å². The average Bonchev–Trinajstić information content (AvgIpc) is 2.80. The second-order valence-electron chi connectivity index (χ2n) is 8.51. The number of sulfonamides is 1. The highest BCUT2D eigenvalue weighted by molar-refractivity contribution is 7.89. The van der Waals surface area contributed by atoms with Gasteiger partial charge in [-0.3, -0.25) is 4.90 Å². The third-order valence-electron chi connectivity index (χ3n) is 6.26. The molecule has 6 nitrogen and oxygen atoms in total. The Hall–Kier alpha value is -1.96. The van der Waals surface area contributed by atoms with E-state index in [2.05, 4.69) is 40.8 Å². The molecule has 4 rings (SSSR count). The maximum Gasteiger partial charge on any atom is 0.243 e. The number of piperidine rings is 1. The molecule has 2 aliphatic rings. The molecule has 0 aliphatic carbocycles. The molecule has 2 aromatic rings. The molecular weight excluding hydrogens is 396 g/mol. The van der Waals surface area contributed by atoms with E-state index < -0.39 is 10.0 Å². The SMILES string of the molecule is CC(C)N1CCN(c2ccc(-c3ccc(S(=O)(=O)N4CCCCC4)cc3)cn2)CC1. The first-order valence-electron chi connectivity index (χ1n) is 11.0. The van der Waals surface area contributed by atoms with Crippen molar-refractivity contribution in [2.24, 2.45) is 0 Å². The van der Waals surface area contributed by atoms with Crippen LogP contribution in [0.4, 0.5) is 5.82 Å². The first-order valence-corrected chi connectivity index (χ1v) is 12.4. The van der Waals surface area contributed by atoms with Crippen molar-refractivity contribution in [2.75, 3.05) is 44.2 Å². The minimum atomic E-state index is -3.39. The van der Waals surface area contributed by atoms with E-state index in [4.69, 9.17) is 0 Å². The van der Waals surface area contributed by atoms with E-state index >= 15 is 0 Å². The van der Waals surface area contributed by atoms with Gasteiger partial charge in [0, 0.05) is 57.1 Å². The molecule has 0 radical (unpaired) electrons. The molecular formula is C23H32N4O2S. The lowest BCUT2D eigenvalue weighted by molar-refractivity contribution is 0.209. The lowest BCUT2D eigenvalue weighted by atomic mass is 10.1. The lowest BCUT2D eigenvalue weighted by Crippen LogP contribution is -2.49. The van der Waals surface area contributed by atoms with Gasteiger partial charge < -0.3 is 4.90 Å². The van der Waals surface area contributed by atoms with E-state index in [-0.39, 0.29) is 0 Å². The van der Waals surface area contributed by atoms with Gasteiger partial charge in [0.05, 0.1) is 4.90 Å². The molecule has 0 saturated carbocycles. The summed E-state index contributed by atoms with van der Waals surface area (Å²) in [6.07, 6.45) is 4.89. The van der Waals surface area contributed by atoms with Crippen LogP contribution in [-0.4, -0.2) is 67.9 Å². The van der Waals surface area contributed by atoms with Gasteiger partial charge in [0.25, 0.3) is 0 Å². The fourth-order valence-electron chi connectivity index (χ4n) is 4.28. The zero-order valence-corrected chi connectivity index (χ0v) is 18.8. The van der Waals surface area contributed by atoms with Crippen molar-refractivity contribution < 1.29 is 8.42 Å². The van der Waals surface area contributed by atoms with Crippen LogP contribution in [0.15, 0.2) is 47.5 Å². The molecule has 1 aromatic heterocycles. The fourth-order valence-corrected chi connectivity index (χ4v) is 5.80. The summed E-state index contributed by atoms with van der Waals surface area (Å²) in [6, 6.07) is 11.9. The van der Waals surface area contributed by atoms with Crippen LogP contribution >= 0.6 is 0 Å². The number of benzene rings is 1. The number of hydrogen-bond acceptors (Lipinski definition) is 5. The number of nitrogens with zero attached hydrogens (tertiary/aromatic N) is 4. The molecule has 0 unspecified atom stereocenters. The zero-order chi connectivity index (χ0) is 21.1. The number of piperazine rings is 1.